The van der Waals surface area contributed by atoms with Gasteiger partial charge in [-0.2, -0.15) is 5.10 Å². The summed E-state index contributed by atoms with van der Waals surface area (Å²) < 4.78 is 1.98. The monoisotopic (exact) mass is 271 g/mol. The molecule has 2 aromatic rings. The SMILES string of the molecule is CCn1cc(CC(NC)c2ccc(C(C)C)cc2)cn1. The van der Waals surface area contributed by atoms with Crippen LogP contribution in [-0.2, 0) is 13.0 Å². The van der Waals surface area contributed by atoms with Gasteiger partial charge in [-0.1, -0.05) is 38.1 Å². The van der Waals surface area contributed by atoms with Gasteiger partial charge in [-0.15, -0.1) is 0 Å². The molecule has 0 amide bonds. The van der Waals surface area contributed by atoms with E-state index in [4.69, 9.17) is 0 Å². The van der Waals surface area contributed by atoms with Crippen molar-refractivity contribution in [2.75, 3.05) is 7.05 Å². The molecule has 0 saturated carbocycles. The minimum absolute atomic E-state index is 0.339. The molecular weight excluding hydrogens is 246 g/mol. The minimum atomic E-state index is 0.339. The first kappa shape index (κ1) is 14.8. The van der Waals surface area contributed by atoms with Crippen LogP contribution in [0.5, 0.6) is 0 Å². The van der Waals surface area contributed by atoms with E-state index in [-0.39, 0.29) is 0 Å². The number of hydrogen-bond donors (Lipinski definition) is 1. The summed E-state index contributed by atoms with van der Waals surface area (Å²) in [6.45, 7) is 7.48. The number of rotatable bonds is 6. The second kappa shape index (κ2) is 6.71. The third-order valence-electron chi connectivity index (χ3n) is 3.80. The van der Waals surface area contributed by atoms with E-state index in [1.165, 1.54) is 16.7 Å². The van der Waals surface area contributed by atoms with E-state index in [1.54, 1.807) is 0 Å². The van der Waals surface area contributed by atoms with Crippen LogP contribution in [0.2, 0.25) is 0 Å². The molecule has 0 fully saturated rings. The van der Waals surface area contributed by atoms with Gasteiger partial charge in [-0.05, 0) is 43.0 Å². The Labute approximate surface area is 122 Å². The van der Waals surface area contributed by atoms with Crippen LogP contribution in [0.4, 0.5) is 0 Å². The normalized spacial score (nSPS) is 12.8. The third kappa shape index (κ3) is 3.48. The standard InChI is InChI=1S/C17H25N3/c1-5-20-12-14(11-19-20)10-17(18-4)16-8-6-15(7-9-16)13(2)3/h6-9,11-13,17-18H,5,10H2,1-4H3. The second-order valence-electron chi connectivity index (χ2n) is 5.57. The molecule has 0 aliphatic heterocycles. The first-order valence-electron chi connectivity index (χ1n) is 7.42. The van der Waals surface area contributed by atoms with E-state index >= 15 is 0 Å². The Morgan fingerprint density at radius 3 is 2.30 bits per heavy atom. The topological polar surface area (TPSA) is 29.9 Å². The molecule has 2 rings (SSSR count). The molecule has 1 aromatic carbocycles. The summed E-state index contributed by atoms with van der Waals surface area (Å²) in [5, 5.41) is 7.75. The van der Waals surface area contributed by atoms with Crippen LogP contribution in [0.3, 0.4) is 0 Å². The van der Waals surface area contributed by atoms with Gasteiger partial charge >= 0.3 is 0 Å². The van der Waals surface area contributed by atoms with Crippen molar-refractivity contribution in [2.24, 2.45) is 0 Å². The predicted octanol–water partition coefficient (Wildman–Crippen LogP) is 3.53. The largest absolute Gasteiger partial charge is 0.313 e. The second-order valence-corrected chi connectivity index (χ2v) is 5.57. The number of nitrogens with one attached hydrogen (secondary N) is 1. The highest BCUT2D eigenvalue weighted by molar-refractivity contribution is 5.28. The molecule has 1 unspecified atom stereocenters. The number of benzene rings is 1. The fourth-order valence-electron chi connectivity index (χ4n) is 2.42. The van der Waals surface area contributed by atoms with Gasteiger partial charge in [-0.25, -0.2) is 0 Å². The molecule has 3 heteroatoms. The maximum atomic E-state index is 4.34. The molecule has 0 saturated heterocycles. The number of nitrogens with zero attached hydrogens (tertiary/aromatic N) is 2. The number of likely N-dealkylation sites (N-methyl/N-ethyl adjacent to an activating group) is 1. The van der Waals surface area contributed by atoms with Crippen molar-refractivity contribution in [3.8, 4) is 0 Å². The van der Waals surface area contributed by atoms with E-state index in [0.717, 1.165) is 13.0 Å². The predicted molar refractivity (Wildman–Crippen MR) is 83.9 cm³/mol. The summed E-state index contributed by atoms with van der Waals surface area (Å²) in [6, 6.07) is 9.28. The number of aromatic nitrogens is 2. The van der Waals surface area contributed by atoms with Crippen LogP contribution in [-0.4, -0.2) is 16.8 Å². The fourth-order valence-corrected chi connectivity index (χ4v) is 2.42. The third-order valence-corrected chi connectivity index (χ3v) is 3.80. The van der Waals surface area contributed by atoms with Crippen LogP contribution >= 0.6 is 0 Å². The van der Waals surface area contributed by atoms with Crippen LogP contribution in [0.1, 0.15) is 49.4 Å². The maximum Gasteiger partial charge on any atom is 0.0522 e. The van der Waals surface area contributed by atoms with Crippen LogP contribution in [0, 0.1) is 0 Å². The van der Waals surface area contributed by atoms with E-state index < -0.39 is 0 Å². The number of aryl methyl sites for hydroxylation is 1. The maximum absolute atomic E-state index is 4.34. The van der Waals surface area contributed by atoms with Crippen LogP contribution in [0.15, 0.2) is 36.7 Å². The quantitative estimate of drug-likeness (QED) is 0.871. The lowest BCUT2D eigenvalue weighted by Crippen LogP contribution is -2.18. The average Bonchev–Trinajstić information content (AvgIpc) is 2.92. The first-order valence-corrected chi connectivity index (χ1v) is 7.42. The van der Waals surface area contributed by atoms with Crippen molar-refractivity contribution in [1.29, 1.82) is 0 Å². The van der Waals surface area contributed by atoms with E-state index in [0.29, 0.717) is 12.0 Å². The lowest BCUT2D eigenvalue weighted by molar-refractivity contribution is 0.590. The van der Waals surface area contributed by atoms with E-state index in [1.807, 2.05) is 17.9 Å². The van der Waals surface area contributed by atoms with Crippen molar-refractivity contribution in [3.63, 3.8) is 0 Å². The summed E-state index contributed by atoms with van der Waals surface area (Å²) in [5.41, 5.74) is 4.00. The summed E-state index contributed by atoms with van der Waals surface area (Å²) in [6.07, 6.45) is 5.07. The Bertz CT molecular complexity index is 525. The Morgan fingerprint density at radius 2 is 1.80 bits per heavy atom. The molecule has 1 aromatic heterocycles. The van der Waals surface area contributed by atoms with Crippen molar-refractivity contribution in [3.05, 3.63) is 53.3 Å². The molecule has 0 bridgehead atoms. The minimum Gasteiger partial charge on any atom is -0.313 e. The molecule has 3 nitrogen and oxygen atoms in total. The van der Waals surface area contributed by atoms with Crippen molar-refractivity contribution < 1.29 is 0 Å². The summed E-state index contributed by atoms with van der Waals surface area (Å²) >= 11 is 0. The highest BCUT2D eigenvalue weighted by Gasteiger charge is 2.11. The zero-order valence-corrected chi connectivity index (χ0v) is 12.9. The molecule has 20 heavy (non-hydrogen) atoms. The van der Waals surface area contributed by atoms with Gasteiger partial charge < -0.3 is 5.32 Å². The van der Waals surface area contributed by atoms with Gasteiger partial charge in [0.25, 0.3) is 0 Å². The average molecular weight is 271 g/mol. The van der Waals surface area contributed by atoms with Gasteiger partial charge in [0.05, 0.1) is 6.20 Å². The van der Waals surface area contributed by atoms with Gasteiger partial charge in [0.1, 0.15) is 0 Å². The molecular formula is C17H25N3. The van der Waals surface area contributed by atoms with Gasteiger partial charge in [-0.3, -0.25) is 4.68 Å². The zero-order chi connectivity index (χ0) is 14.5. The van der Waals surface area contributed by atoms with Gasteiger partial charge in [0, 0.05) is 18.8 Å². The molecule has 0 aliphatic rings. The highest BCUT2D eigenvalue weighted by Crippen LogP contribution is 2.21. The molecule has 1 atom stereocenters. The molecule has 0 aliphatic carbocycles. The molecule has 108 valence electrons. The molecule has 1 heterocycles. The molecule has 0 spiro atoms. The van der Waals surface area contributed by atoms with Crippen molar-refractivity contribution in [2.45, 2.75) is 45.7 Å². The Hall–Kier alpha value is -1.61. The van der Waals surface area contributed by atoms with Gasteiger partial charge in [0.2, 0.25) is 0 Å². The lowest BCUT2D eigenvalue weighted by Gasteiger charge is -2.17. The van der Waals surface area contributed by atoms with Crippen LogP contribution < -0.4 is 5.32 Å². The first-order chi connectivity index (χ1) is 9.63. The Balaban J connectivity index is 2.11. The molecule has 0 radical (unpaired) electrons. The van der Waals surface area contributed by atoms with E-state index in [2.05, 4.69) is 61.6 Å². The Kier molecular flexibility index (Phi) is 4.96. The van der Waals surface area contributed by atoms with Gasteiger partial charge in [0.15, 0.2) is 0 Å². The smallest absolute Gasteiger partial charge is 0.0522 e. The summed E-state index contributed by atoms with van der Waals surface area (Å²) in [4.78, 5) is 0. The molecule has 1 N–H and O–H groups in total. The summed E-state index contributed by atoms with van der Waals surface area (Å²) in [5.74, 6) is 0.583. The van der Waals surface area contributed by atoms with E-state index in [9.17, 15) is 0 Å². The fraction of sp³-hybridized carbons (Fsp3) is 0.471. The van der Waals surface area contributed by atoms with Crippen molar-refractivity contribution >= 4 is 0 Å². The van der Waals surface area contributed by atoms with Crippen LogP contribution in [0.25, 0.3) is 0 Å². The lowest BCUT2D eigenvalue weighted by atomic mass is 9.96. The Morgan fingerprint density at radius 1 is 1.15 bits per heavy atom. The van der Waals surface area contributed by atoms with Crippen molar-refractivity contribution in [1.82, 2.24) is 15.1 Å². The zero-order valence-electron chi connectivity index (χ0n) is 12.9. The summed E-state index contributed by atoms with van der Waals surface area (Å²) in [7, 11) is 2.02. The number of hydrogen-bond acceptors (Lipinski definition) is 2. The highest BCUT2D eigenvalue weighted by atomic mass is 15.3.